The Bertz CT molecular complexity index is 200. The van der Waals surface area contributed by atoms with E-state index in [1.165, 1.54) is 6.08 Å². The molecule has 1 heterocycles. The molecule has 1 aliphatic rings. The van der Waals surface area contributed by atoms with Crippen molar-refractivity contribution in [3.05, 3.63) is 12.7 Å². The number of morpholine rings is 1. The van der Waals surface area contributed by atoms with E-state index in [-0.39, 0.29) is 12.2 Å². The van der Waals surface area contributed by atoms with Gasteiger partial charge in [0.15, 0.2) is 6.23 Å². The fraction of sp³-hybridized carbons (Fsp3) is 0.700. The molecule has 0 aliphatic carbocycles. The lowest BCUT2D eigenvalue weighted by atomic mass is 10.3. The summed E-state index contributed by atoms with van der Waals surface area (Å²) in [5, 5.41) is 0. The summed E-state index contributed by atoms with van der Waals surface area (Å²) >= 11 is 0. The first-order valence-electron chi connectivity index (χ1n) is 4.92. The van der Waals surface area contributed by atoms with E-state index in [0.717, 1.165) is 19.5 Å². The van der Waals surface area contributed by atoms with Gasteiger partial charge >= 0.3 is 5.97 Å². The topological polar surface area (TPSA) is 38.8 Å². The minimum absolute atomic E-state index is 0.135. The van der Waals surface area contributed by atoms with Gasteiger partial charge in [-0.3, -0.25) is 4.90 Å². The Labute approximate surface area is 84.5 Å². The molecule has 1 atom stereocenters. The second-order valence-corrected chi connectivity index (χ2v) is 3.15. The normalized spacial score (nSPS) is 20.1. The van der Waals surface area contributed by atoms with Gasteiger partial charge in [0.1, 0.15) is 0 Å². The molecule has 0 saturated carbocycles. The van der Waals surface area contributed by atoms with Gasteiger partial charge in [0, 0.05) is 19.2 Å². The van der Waals surface area contributed by atoms with Gasteiger partial charge in [-0.2, -0.15) is 0 Å². The van der Waals surface area contributed by atoms with E-state index in [1.807, 2.05) is 6.92 Å². The fourth-order valence-corrected chi connectivity index (χ4v) is 1.46. The molecule has 1 saturated heterocycles. The largest absolute Gasteiger partial charge is 0.443 e. The average Bonchev–Trinajstić information content (AvgIpc) is 2.26. The molecule has 1 aliphatic heterocycles. The molecule has 1 fully saturated rings. The number of ether oxygens (including phenoxy) is 2. The van der Waals surface area contributed by atoms with Gasteiger partial charge in [-0.1, -0.05) is 13.5 Å². The van der Waals surface area contributed by atoms with Crippen molar-refractivity contribution < 1.29 is 14.3 Å². The summed E-state index contributed by atoms with van der Waals surface area (Å²) < 4.78 is 10.4. The van der Waals surface area contributed by atoms with Crippen LogP contribution in [0.15, 0.2) is 12.7 Å². The van der Waals surface area contributed by atoms with Crippen molar-refractivity contribution >= 4 is 5.97 Å². The van der Waals surface area contributed by atoms with Crippen LogP contribution in [-0.4, -0.2) is 43.4 Å². The molecule has 14 heavy (non-hydrogen) atoms. The monoisotopic (exact) mass is 199 g/mol. The summed E-state index contributed by atoms with van der Waals surface area (Å²) in [6.45, 7) is 8.44. The zero-order chi connectivity index (χ0) is 10.4. The van der Waals surface area contributed by atoms with Crippen molar-refractivity contribution in [2.24, 2.45) is 0 Å². The number of carbonyl (C=O) groups is 1. The molecule has 4 nitrogen and oxygen atoms in total. The Morgan fingerprint density at radius 3 is 2.79 bits per heavy atom. The van der Waals surface area contributed by atoms with Gasteiger partial charge in [0.25, 0.3) is 0 Å². The van der Waals surface area contributed by atoms with E-state index < -0.39 is 0 Å². The van der Waals surface area contributed by atoms with Crippen LogP contribution in [0.5, 0.6) is 0 Å². The van der Waals surface area contributed by atoms with Crippen LogP contribution in [0.3, 0.4) is 0 Å². The standard InChI is InChI=1S/C10H17NO3/c1-3-9(14-10(12)4-2)11-5-7-13-8-6-11/h4,9H,2-3,5-8H2,1H3. The molecule has 0 radical (unpaired) electrons. The summed E-state index contributed by atoms with van der Waals surface area (Å²) in [5.41, 5.74) is 0. The van der Waals surface area contributed by atoms with Crippen LogP contribution in [0.1, 0.15) is 13.3 Å². The van der Waals surface area contributed by atoms with Gasteiger partial charge in [-0.05, 0) is 6.42 Å². The highest BCUT2D eigenvalue weighted by Gasteiger charge is 2.21. The number of hydrogen-bond acceptors (Lipinski definition) is 4. The van der Waals surface area contributed by atoms with Crippen LogP contribution in [0.4, 0.5) is 0 Å². The highest BCUT2D eigenvalue weighted by molar-refractivity contribution is 5.81. The average molecular weight is 199 g/mol. The quantitative estimate of drug-likeness (QED) is 0.495. The lowest BCUT2D eigenvalue weighted by Crippen LogP contribution is -2.45. The van der Waals surface area contributed by atoms with Crippen molar-refractivity contribution in [1.82, 2.24) is 4.90 Å². The second-order valence-electron chi connectivity index (χ2n) is 3.15. The maximum Gasteiger partial charge on any atom is 0.331 e. The third kappa shape index (κ3) is 3.12. The van der Waals surface area contributed by atoms with Gasteiger partial charge in [-0.25, -0.2) is 4.79 Å². The van der Waals surface area contributed by atoms with Crippen LogP contribution in [0, 0.1) is 0 Å². The Morgan fingerprint density at radius 2 is 2.29 bits per heavy atom. The van der Waals surface area contributed by atoms with Gasteiger partial charge < -0.3 is 9.47 Å². The molecule has 1 rings (SSSR count). The van der Waals surface area contributed by atoms with Gasteiger partial charge in [0.2, 0.25) is 0 Å². The number of rotatable bonds is 4. The van der Waals surface area contributed by atoms with E-state index in [1.54, 1.807) is 0 Å². The molecule has 4 heteroatoms. The van der Waals surface area contributed by atoms with Crippen molar-refractivity contribution in [3.8, 4) is 0 Å². The molecule has 0 aromatic heterocycles. The molecular weight excluding hydrogens is 182 g/mol. The van der Waals surface area contributed by atoms with Crippen LogP contribution in [-0.2, 0) is 14.3 Å². The number of carbonyl (C=O) groups excluding carboxylic acids is 1. The van der Waals surface area contributed by atoms with Crippen LogP contribution in [0.25, 0.3) is 0 Å². The summed E-state index contributed by atoms with van der Waals surface area (Å²) in [7, 11) is 0. The van der Waals surface area contributed by atoms with Crippen molar-refractivity contribution in [1.29, 1.82) is 0 Å². The Morgan fingerprint density at radius 1 is 1.64 bits per heavy atom. The Hall–Kier alpha value is -0.870. The third-order valence-corrected chi connectivity index (χ3v) is 2.22. The Kier molecular flexibility index (Phi) is 4.62. The second kappa shape index (κ2) is 5.78. The molecule has 80 valence electrons. The van der Waals surface area contributed by atoms with E-state index in [0.29, 0.717) is 13.2 Å². The molecule has 1 unspecified atom stereocenters. The lowest BCUT2D eigenvalue weighted by molar-refractivity contribution is -0.157. The summed E-state index contributed by atoms with van der Waals surface area (Å²) in [4.78, 5) is 13.1. The minimum atomic E-state index is -0.358. The molecular formula is C10H17NO3. The Balaban J connectivity index is 2.42. The van der Waals surface area contributed by atoms with Crippen molar-refractivity contribution in [2.45, 2.75) is 19.6 Å². The number of nitrogens with zero attached hydrogens (tertiary/aromatic N) is 1. The predicted molar refractivity (Wildman–Crippen MR) is 52.8 cm³/mol. The molecule has 0 amide bonds. The van der Waals surface area contributed by atoms with E-state index in [4.69, 9.17) is 9.47 Å². The predicted octanol–water partition coefficient (Wildman–Crippen LogP) is 0.784. The van der Waals surface area contributed by atoms with E-state index in [9.17, 15) is 4.79 Å². The number of esters is 1. The highest BCUT2D eigenvalue weighted by atomic mass is 16.6. The first-order valence-corrected chi connectivity index (χ1v) is 4.92. The zero-order valence-corrected chi connectivity index (χ0v) is 8.57. The molecule has 0 N–H and O–H groups in total. The SMILES string of the molecule is C=CC(=O)OC(CC)N1CCOCC1. The zero-order valence-electron chi connectivity index (χ0n) is 8.57. The summed E-state index contributed by atoms with van der Waals surface area (Å²) in [5.74, 6) is -0.358. The summed E-state index contributed by atoms with van der Waals surface area (Å²) in [6, 6.07) is 0. The smallest absolute Gasteiger partial charge is 0.331 e. The van der Waals surface area contributed by atoms with Crippen LogP contribution in [0.2, 0.25) is 0 Å². The first kappa shape index (κ1) is 11.2. The fourth-order valence-electron chi connectivity index (χ4n) is 1.46. The molecule has 0 spiro atoms. The maximum atomic E-state index is 11.0. The van der Waals surface area contributed by atoms with Gasteiger partial charge in [0.05, 0.1) is 13.2 Å². The third-order valence-electron chi connectivity index (χ3n) is 2.22. The summed E-state index contributed by atoms with van der Waals surface area (Å²) in [6.07, 6.45) is 1.85. The lowest BCUT2D eigenvalue weighted by Gasteiger charge is -2.32. The van der Waals surface area contributed by atoms with Crippen LogP contribution < -0.4 is 0 Å². The van der Waals surface area contributed by atoms with Gasteiger partial charge in [-0.15, -0.1) is 0 Å². The van der Waals surface area contributed by atoms with Crippen LogP contribution >= 0.6 is 0 Å². The maximum absolute atomic E-state index is 11.0. The molecule has 0 bridgehead atoms. The molecule has 0 aromatic rings. The van der Waals surface area contributed by atoms with E-state index >= 15 is 0 Å². The number of hydrogen-bond donors (Lipinski definition) is 0. The molecule has 0 aromatic carbocycles. The van der Waals surface area contributed by atoms with Crippen molar-refractivity contribution in [2.75, 3.05) is 26.3 Å². The highest BCUT2D eigenvalue weighted by Crippen LogP contribution is 2.09. The van der Waals surface area contributed by atoms with Crippen molar-refractivity contribution in [3.63, 3.8) is 0 Å². The van der Waals surface area contributed by atoms with E-state index in [2.05, 4.69) is 11.5 Å². The first-order chi connectivity index (χ1) is 6.77. The minimum Gasteiger partial charge on any atom is -0.443 e.